The van der Waals surface area contributed by atoms with Crippen LogP contribution in [0.25, 0.3) is 0 Å². The molecule has 0 fully saturated rings. The molecule has 1 amide bonds. The average molecular weight is 392 g/mol. The fourth-order valence-corrected chi connectivity index (χ4v) is 2.82. The number of methoxy groups -OCH3 is 2. The van der Waals surface area contributed by atoms with Gasteiger partial charge in [0.05, 0.1) is 19.9 Å². The first-order valence-corrected chi connectivity index (χ1v) is 9.25. The van der Waals surface area contributed by atoms with E-state index in [1.165, 1.54) is 0 Å². The lowest BCUT2D eigenvalue weighted by Crippen LogP contribution is -2.26. The lowest BCUT2D eigenvalue weighted by atomic mass is 10.1. The maximum atomic E-state index is 12.5. The van der Waals surface area contributed by atoms with Crippen LogP contribution in [0, 0.1) is 6.92 Å². The first-order chi connectivity index (χ1) is 14.1. The van der Waals surface area contributed by atoms with E-state index < -0.39 is 0 Å². The minimum absolute atomic E-state index is 0.255. The Balaban J connectivity index is 1.63. The Morgan fingerprint density at radius 1 is 1.07 bits per heavy atom. The van der Waals surface area contributed by atoms with Gasteiger partial charge in [0, 0.05) is 12.7 Å². The Hall–Kier alpha value is -3.61. The zero-order valence-corrected chi connectivity index (χ0v) is 16.7. The second-order valence-electron chi connectivity index (χ2n) is 6.45. The van der Waals surface area contributed by atoms with E-state index in [-0.39, 0.29) is 5.91 Å². The summed E-state index contributed by atoms with van der Waals surface area (Å²) in [5, 5.41) is 6.00. The molecular formula is C22H24N4O3. The SMILES string of the molecule is COc1cccc(CCNC(=O)c2ccnc(Nc3cc(C)ccc3OC)n2)c1. The second-order valence-corrected chi connectivity index (χ2v) is 6.45. The van der Waals surface area contributed by atoms with Gasteiger partial charge in [-0.1, -0.05) is 18.2 Å². The molecule has 3 rings (SSSR count). The van der Waals surface area contributed by atoms with Gasteiger partial charge in [0.15, 0.2) is 0 Å². The molecule has 0 aliphatic rings. The number of nitrogens with zero attached hydrogens (tertiary/aromatic N) is 2. The van der Waals surface area contributed by atoms with E-state index >= 15 is 0 Å². The van der Waals surface area contributed by atoms with Gasteiger partial charge in [0.25, 0.3) is 5.91 Å². The summed E-state index contributed by atoms with van der Waals surface area (Å²) in [4.78, 5) is 21.0. The number of hydrogen-bond acceptors (Lipinski definition) is 6. The molecule has 0 saturated carbocycles. The summed E-state index contributed by atoms with van der Waals surface area (Å²) in [6, 6.07) is 15.1. The Morgan fingerprint density at radius 2 is 1.93 bits per heavy atom. The van der Waals surface area contributed by atoms with Crippen molar-refractivity contribution in [2.45, 2.75) is 13.3 Å². The molecule has 2 aromatic carbocycles. The van der Waals surface area contributed by atoms with Gasteiger partial charge in [0.1, 0.15) is 17.2 Å². The molecule has 3 aromatic rings. The van der Waals surface area contributed by atoms with E-state index in [0.717, 1.165) is 22.6 Å². The zero-order valence-electron chi connectivity index (χ0n) is 16.7. The number of aryl methyl sites for hydroxylation is 1. The van der Waals surface area contributed by atoms with Crippen molar-refractivity contribution in [2.24, 2.45) is 0 Å². The molecule has 0 spiro atoms. The van der Waals surface area contributed by atoms with E-state index in [1.807, 2.05) is 49.4 Å². The number of carbonyl (C=O) groups excluding carboxylic acids is 1. The van der Waals surface area contributed by atoms with Crippen molar-refractivity contribution in [1.29, 1.82) is 0 Å². The number of benzene rings is 2. The summed E-state index contributed by atoms with van der Waals surface area (Å²) < 4.78 is 10.6. The number of carbonyl (C=O) groups is 1. The van der Waals surface area contributed by atoms with Crippen molar-refractivity contribution in [1.82, 2.24) is 15.3 Å². The molecule has 0 saturated heterocycles. The van der Waals surface area contributed by atoms with Gasteiger partial charge in [-0.3, -0.25) is 4.79 Å². The van der Waals surface area contributed by atoms with Crippen LogP contribution < -0.4 is 20.1 Å². The predicted molar refractivity (Wildman–Crippen MR) is 112 cm³/mol. The first-order valence-electron chi connectivity index (χ1n) is 9.25. The van der Waals surface area contributed by atoms with Crippen molar-refractivity contribution >= 4 is 17.5 Å². The molecule has 7 nitrogen and oxygen atoms in total. The fraction of sp³-hybridized carbons (Fsp3) is 0.227. The van der Waals surface area contributed by atoms with Crippen LogP contribution in [0.2, 0.25) is 0 Å². The zero-order chi connectivity index (χ0) is 20.6. The normalized spacial score (nSPS) is 10.3. The van der Waals surface area contributed by atoms with E-state index in [1.54, 1.807) is 26.5 Å². The molecular weight excluding hydrogens is 368 g/mol. The molecule has 1 aromatic heterocycles. The Morgan fingerprint density at radius 3 is 2.72 bits per heavy atom. The maximum Gasteiger partial charge on any atom is 0.270 e. The summed E-state index contributed by atoms with van der Waals surface area (Å²) in [5.41, 5.74) is 3.18. The van der Waals surface area contributed by atoms with Crippen LogP contribution in [0.4, 0.5) is 11.6 Å². The van der Waals surface area contributed by atoms with Crippen LogP contribution >= 0.6 is 0 Å². The van der Waals surface area contributed by atoms with Crippen molar-refractivity contribution in [3.8, 4) is 11.5 Å². The molecule has 0 aliphatic heterocycles. The van der Waals surface area contributed by atoms with Gasteiger partial charge in [0.2, 0.25) is 5.95 Å². The standard InChI is InChI=1S/C22H24N4O3/c1-15-7-8-20(29-3)19(13-15)26-22-24-12-10-18(25-22)21(27)23-11-9-16-5-4-6-17(14-16)28-2/h4-8,10,12-14H,9,11H2,1-3H3,(H,23,27)(H,24,25,26). The number of aromatic nitrogens is 2. The Bertz CT molecular complexity index is 991. The number of rotatable bonds is 8. The summed E-state index contributed by atoms with van der Waals surface area (Å²) in [6.45, 7) is 2.47. The van der Waals surface area contributed by atoms with Crippen LogP contribution in [0.1, 0.15) is 21.6 Å². The third kappa shape index (κ3) is 5.44. The number of nitrogens with one attached hydrogen (secondary N) is 2. The molecule has 0 aliphatic carbocycles. The Labute approximate surface area is 170 Å². The molecule has 0 radical (unpaired) electrons. The molecule has 0 unspecified atom stereocenters. The molecule has 7 heteroatoms. The minimum Gasteiger partial charge on any atom is -0.497 e. The number of ether oxygens (including phenoxy) is 2. The summed E-state index contributed by atoms with van der Waals surface area (Å²) in [6.07, 6.45) is 2.24. The number of hydrogen-bond donors (Lipinski definition) is 2. The molecule has 0 atom stereocenters. The van der Waals surface area contributed by atoms with E-state index in [4.69, 9.17) is 9.47 Å². The van der Waals surface area contributed by atoms with Crippen molar-refractivity contribution in [3.63, 3.8) is 0 Å². The summed E-state index contributed by atoms with van der Waals surface area (Å²) in [7, 11) is 3.23. The highest BCUT2D eigenvalue weighted by Gasteiger charge is 2.10. The molecule has 29 heavy (non-hydrogen) atoms. The van der Waals surface area contributed by atoms with Gasteiger partial charge >= 0.3 is 0 Å². The van der Waals surface area contributed by atoms with Crippen molar-refractivity contribution in [2.75, 3.05) is 26.1 Å². The van der Waals surface area contributed by atoms with Crippen molar-refractivity contribution in [3.05, 3.63) is 71.5 Å². The van der Waals surface area contributed by atoms with Crippen LogP contribution in [0.3, 0.4) is 0 Å². The average Bonchev–Trinajstić information content (AvgIpc) is 2.74. The Kier molecular flexibility index (Phi) is 6.63. The third-order valence-electron chi connectivity index (χ3n) is 4.32. The molecule has 1 heterocycles. The highest BCUT2D eigenvalue weighted by molar-refractivity contribution is 5.92. The highest BCUT2D eigenvalue weighted by Crippen LogP contribution is 2.27. The van der Waals surface area contributed by atoms with Crippen LogP contribution in [-0.4, -0.2) is 36.6 Å². The number of amides is 1. The lowest BCUT2D eigenvalue weighted by Gasteiger charge is -2.11. The van der Waals surface area contributed by atoms with Gasteiger partial charge in [-0.25, -0.2) is 9.97 Å². The predicted octanol–water partition coefficient (Wildman–Crippen LogP) is 3.52. The van der Waals surface area contributed by atoms with Gasteiger partial charge < -0.3 is 20.1 Å². The van der Waals surface area contributed by atoms with Crippen LogP contribution in [0.15, 0.2) is 54.7 Å². The second kappa shape index (κ2) is 9.54. The molecule has 150 valence electrons. The smallest absolute Gasteiger partial charge is 0.270 e. The van der Waals surface area contributed by atoms with E-state index in [0.29, 0.717) is 30.4 Å². The van der Waals surface area contributed by atoms with E-state index in [2.05, 4.69) is 20.6 Å². The highest BCUT2D eigenvalue weighted by atomic mass is 16.5. The third-order valence-corrected chi connectivity index (χ3v) is 4.32. The minimum atomic E-state index is -0.255. The fourth-order valence-electron chi connectivity index (χ4n) is 2.82. The quantitative estimate of drug-likeness (QED) is 0.610. The van der Waals surface area contributed by atoms with Crippen LogP contribution in [0.5, 0.6) is 11.5 Å². The first kappa shape index (κ1) is 20.1. The maximum absolute atomic E-state index is 12.5. The van der Waals surface area contributed by atoms with Gasteiger partial charge in [-0.15, -0.1) is 0 Å². The summed E-state index contributed by atoms with van der Waals surface area (Å²) in [5.74, 6) is 1.54. The lowest BCUT2D eigenvalue weighted by molar-refractivity contribution is 0.0949. The van der Waals surface area contributed by atoms with Crippen LogP contribution in [-0.2, 0) is 6.42 Å². The van der Waals surface area contributed by atoms with Gasteiger partial charge in [-0.2, -0.15) is 0 Å². The monoisotopic (exact) mass is 392 g/mol. The summed E-state index contributed by atoms with van der Waals surface area (Å²) >= 11 is 0. The number of anilines is 2. The topological polar surface area (TPSA) is 85.4 Å². The largest absolute Gasteiger partial charge is 0.497 e. The van der Waals surface area contributed by atoms with Gasteiger partial charge in [-0.05, 0) is 54.8 Å². The van der Waals surface area contributed by atoms with Crippen molar-refractivity contribution < 1.29 is 14.3 Å². The molecule has 0 bridgehead atoms. The van der Waals surface area contributed by atoms with E-state index in [9.17, 15) is 4.79 Å². The molecule has 2 N–H and O–H groups in total.